The molecule has 0 aliphatic carbocycles. The zero-order chi connectivity index (χ0) is 52.4. The van der Waals surface area contributed by atoms with Crippen LogP contribution in [0.4, 0.5) is 0 Å². The molecule has 0 bridgehead atoms. The van der Waals surface area contributed by atoms with Crippen LogP contribution in [0.2, 0.25) is 0 Å². The van der Waals surface area contributed by atoms with Crippen LogP contribution in [0.15, 0.2) is 17.5 Å². The zero-order valence-corrected chi connectivity index (χ0v) is 43.2. The van der Waals surface area contributed by atoms with Crippen molar-refractivity contribution in [3.05, 3.63) is 18.2 Å². The number of carboxylic acid groups (broad SMARTS) is 1. The van der Waals surface area contributed by atoms with E-state index >= 15 is 0 Å². The van der Waals surface area contributed by atoms with Crippen LogP contribution >= 0.6 is 0 Å². The number of aromatic nitrogens is 2. The number of aromatic amines is 1. The Morgan fingerprint density at radius 3 is 1.47 bits per heavy atom. The number of rotatable bonds is 40. The third kappa shape index (κ3) is 29.0. The first-order valence-electron chi connectivity index (χ1n) is 25.7. The van der Waals surface area contributed by atoms with Crippen molar-refractivity contribution in [2.75, 3.05) is 26.2 Å². The van der Waals surface area contributed by atoms with Gasteiger partial charge < -0.3 is 63.9 Å². The van der Waals surface area contributed by atoms with Gasteiger partial charge in [-0.2, -0.15) is 0 Å². The third-order valence-electron chi connectivity index (χ3n) is 11.5. The lowest BCUT2D eigenvalue weighted by Crippen LogP contribution is -2.60. The van der Waals surface area contributed by atoms with Gasteiger partial charge >= 0.3 is 5.97 Å². The summed E-state index contributed by atoms with van der Waals surface area (Å²) in [6, 6.07) is -7.53. The summed E-state index contributed by atoms with van der Waals surface area (Å²) >= 11 is 0. The highest BCUT2D eigenvalue weighted by Crippen LogP contribution is 2.14. The molecule has 6 amide bonds. The number of H-pyrrole nitrogens is 1. The minimum Gasteiger partial charge on any atom is -0.480 e. The topological polar surface area (TPSA) is 337 Å². The Bertz CT molecular complexity index is 1710. The number of nitrogens with two attached hydrogens (primary N) is 2. The zero-order valence-electron chi connectivity index (χ0n) is 43.2. The number of aliphatic hydroxyl groups is 1. The van der Waals surface area contributed by atoms with Crippen molar-refractivity contribution < 1.29 is 43.8 Å². The lowest BCUT2D eigenvalue weighted by Gasteiger charge is -2.28. The molecule has 21 nitrogen and oxygen atoms in total. The van der Waals surface area contributed by atoms with Crippen LogP contribution in [0.5, 0.6) is 0 Å². The second kappa shape index (κ2) is 36.6. The summed E-state index contributed by atoms with van der Waals surface area (Å²) in [6.07, 6.45) is 18.4. The van der Waals surface area contributed by atoms with Crippen LogP contribution < -0.4 is 48.7 Å². The molecule has 1 aromatic heterocycles. The SMILES string of the molecule is CCCCCCCCCCCCCCNCC(=O)N[C@@H](CC(C)C)C(=O)N[C@@H](CC(C)C)C(=O)N[C@@H](CCCN=C(N)N)C(=O)N[C@H](CC(C)C)C(=O)N[C@@H](Cc1cnc[nH]1)C(=O)N[C@@H](CO)C(=O)O. The van der Waals surface area contributed by atoms with Crippen LogP contribution in [0.3, 0.4) is 0 Å². The number of unbranched alkanes of at least 4 members (excludes halogenated alkanes) is 11. The van der Waals surface area contributed by atoms with Crippen molar-refractivity contribution >= 4 is 47.4 Å². The molecule has 0 spiro atoms. The van der Waals surface area contributed by atoms with Crippen LogP contribution in [0.25, 0.3) is 0 Å². The molecule has 1 rings (SSSR count). The van der Waals surface area contributed by atoms with Crippen LogP contribution in [-0.4, -0.2) is 130 Å². The van der Waals surface area contributed by atoms with E-state index in [0.717, 1.165) is 19.3 Å². The molecule has 0 aliphatic rings. The maximum atomic E-state index is 14.2. The maximum absolute atomic E-state index is 14.2. The standard InChI is InChI=1S/C49H90N12O9/c1-8-9-10-11-12-13-14-15-16-17-18-19-22-52-29-42(63)56-37(24-32(2)3)44(65)59-38(25-33(4)5)45(66)57-36(21-20-23-54-49(50)51)43(64)58-39(26-34(6)7)46(67)60-40(27-35-28-53-31-55-35)47(68)61-41(30-62)48(69)70/h28,31-34,36-41,52,62H,8-27,29-30H2,1-7H3,(H,53,55)(H,56,63)(H,57,66)(H,58,64)(H,59,65)(H,60,67)(H,61,68)(H,69,70)(H4,50,51,54)/t36-,37-,38-,39+,40-,41-/m0/s1. The van der Waals surface area contributed by atoms with Gasteiger partial charge in [0.05, 0.1) is 19.5 Å². The predicted octanol–water partition coefficient (Wildman–Crippen LogP) is 2.42. The lowest BCUT2D eigenvalue weighted by atomic mass is 9.99. The number of hydrogen-bond donors (Lipinski definition) is 12. The number of nitrogens with one attached hydrogen (secondary N) is 8. The van der Waals surface area contributed by atoms with E-state index in [4.69, 9.17) is 11.5 Å². The molecule has 1 heterocycles. The Morgan fingerprint density at radius 1 is 0.600 bits per heavy atom. The predicted molar refractivity (Wildman–Crippen MR) is 271 cm³/mol. The van der Waals surface area contributed by atoms with E-state index in [1.165, 1.54) is 70.3 Å². The molecule has 0 saturated carbocycles. The number of imidazole rings is 1. The fourth-order valence-corrected chi connectivity index (χ4v) is 7.79. The smallest absolute Gasteiger partial charge is 0.328 e. The second-order valence-electron chi connectivity index (χ2n) is 19.6. The average molecular weight is 991 g/mol. The molecule has 6 atom stereocenters. The summed E-state index contributed by atoms with van der Waals surface area (Å²) in [5.41, 5.74) is 11.5. The number of carboxylic acids is 1. The van der Waals surface area contributed by atoms with Gasteiger partial charge in [-0.3, -0.25) is 33.8 Å². The number of amides is 6. The van der Waals surface area contributed by atoms with Gasteiger partial charge in [-0.1, -0.05) is 119 Å². The van der Waals surface area contributed by atoms with Crippen molar-refractivity contribution in [3.63, 3.8) is 0 Å². The number of carbonyl (C=O) groups is 7. The molecule has 70 heavy (non-hydrogen) atoms. The van der Waals surface area contributed by atoms with E-state index in [0.29, 0.717) is 18.7 Å². The van der Waals surface area contributed by atoms with Crippen LogP contribution in [-0.2, 0) is 40.0 Å². The van der Waals surface area contributed by atoms with Crippen LogP contribution in [0.1, 0.15) is 163 Å². The summed E-state index contributed by atoms with van der Waals surface area (Å²) in [5.74, 6) is -5.84. The number of hydrogen-bond acceptors (Lipinski definition) is 11. The van der Waals surface area contributed by atoms with E-state index in [2.05, 4.69) is 59.1 Å². The first-order valence-corrected chi connectivity index (χ1v) is 25.7. The van der Waals surface area contributed by atoms with Gasteiger partial charge in [0.2, 0.25) is 35.4 Å². The van der Waals surface area contributed by atoms with Crippen LogP contribution in [0, 0.1) is 17.8 Å². The second-order valence-corrected chi connectivity index (χ2v) is 19.6. The number of aliphatic hydroxyl groups excluding tert-OH is 1. The van der Waals surface area contributed by atoms with Crippen molar-refractivity contribution in [2.24, 2.45) is 34.2 Å². The van der Waals surface area contributed by atoms with E-state index < -0.39 is 78.4 Å². The summed E-state index contributed by atoms with van der Waals surface area (Å²) < 4.78 is 0. The molecule has 14 N–H and O–H groups in total. The third-order valence-corrected chi connectivity index (χ3v) is 11.5. The number of aliphatic carboxylic acids is 1. The Balaban J connectivity index is 3.12. The van der Waals surface area contributed by atoms with Gasteiger partial charge in [-0.15, -0.1) is 0 Å². The molecule has 0 radical (unpaired) electrons. The average Bonchev–Trinajstić information content (AvgIpc) is 3.80. The summed E-state index contributed by atoms with van der Waals surface area (Å²) in [5, 5.41) is 38.1. The number of aliphatic imine (C=N–C) groups is 1. The summed E-state index contributed by atoms with van der Waals surface area (Å²) in [4.78, 5) is 105. The van der Waals surface area contributed by atoms with Gasteiger partial charge in [0.25, 0.3) is 0 Å². The Labute approximate surface area is 416 Å². The van der Waals surface area contributed by atoms with Gasteiger partial charge in [0.15, 0.2) is 5.96 Å². The van der Waals surface area contributed by atoms with Crippen molar-refractivity contribution in [1.29, 1.82) is 0 Å². The molecule has 1 aromatic rings. The highest BCUT2D eigenvalue weighted by molar-refractivity contribution is 5.97. The van der Waals surface area contributed by atoms with Crippen molar-refractivity contribution in [2.45, 2.75) is 200 Å². The Morgan fingerprint density at radius 2 is 1.03 bits per heavy atom. The first kappa shape index (κ1) is 62.7. The normalized spacial score (nSPS) is 13.9. The number of guanidine groups is 1. The van der Waals surface area contributed by atoms with E-state index in [-0.39, 0.29) is 74.8 Å². The largest absolute Gasteiger partial charge is 0.480 e. The first-order chi connectivity index (χ1) is 33.3. The van der Waals surface area contributed by atoms with E-state index in [1.807, 2.05) is 41.5 Å². The van der Waals surface area contributed by atoms with Gasteiger partial charge in [-0.25, -0.2) is 9.78 Å². The highest BCUT2D eigenvalue weighted by Gasteiger charge is 2.34. The fourth-order valence-electron chi connectivity index (χ4n) is 7.79. The maximum Gasteiger partial charge on any atom is 0.328 e. The molecular formula is C49H90N12O9. The van der Waals surface area contributed by atoms with Gasteiger partial charge in [-0.05, 0) is 62.8 Å². The quantitative estimate of drug-likeness (QED) is 0.0256. The molecule has 0 aliphatic heterocycles. The van der Waals surface area contributed by atoms with E-state index in [1.54, 1.807) is 0 Å². The molecule has 21 heteroatoms. The van der Waals surface area contributed by atoms with Gasteiger partial charge in [0, 0.05) is 24.9 Å². The molecule has 0 saturated heterocycles. The number of nitrogens with zero attached hydrogens (tertiary/aromatic N) is 2. The minimum atomic E-state index is -1.65. The van der Waals surface area contributed by atoms with Gasteiger partial charge in [0.1, 0.15) is 36.3 Å². The monoisotopic (exact) mass is 991 g/mol. The lowest BCUT2D eigenvalue weighted by molar-refractivity contribution is -0.143. The molecular weight excluding hydrogens is 901 g/mol. The fraction of sp³-hybridized carbons (Fsp3) is 0.776. The summed E-state index contributed by atoms with van der Waals surface area (Å²) in [7, 11) is 0. The Kier molecular flexibility index (Phi) is 32.8. The van der Waals surface area contributed by atoms with Crippen molar-refractivity contribution in [3.8, 4) is 0 Å². The van der Waals surface area contributed by atoms with Crippen molar-refractivity contribution in [1.82, 2.24) is 47.2 Å². The molecule has 0 unspecified atom stereocenters. The molecule has 0 fully saturated rings. The highest BCUT2D eigenvalue weighted by atomic mass is 16.4. The Hall–Kier alpha value is -5.31. The van der Waals surface area contributed by atoms with E-state index in [9.17, 15) is 43.8 Å². The molecule has 400 valence electrons. The molecule has 0 aromatic carbocycles. The number of carbonyl (C=O) groups excluding carboxylic acids is 6. The summed E-state index contributed by atoms with van der Waals surface area (Å²) in [6.45, 7) is 13.4. The minimum absolute atomic E-state index is 0.0214.